The first-order valence-corrected chi connectivity index (χ1v) is 9.97. The molecule has 29 heavy (non-hydrogen) atoms. The molecule has 3 rings (SSSR count). The molecule has 0 aliphatic heterocycles. The quantitative estimate of drug-likeness (QED) is 0.421. The van der Waals surface area contributed by atoms with E-state index in [-0.39, 0.29) is 0 Å². The zero-order valence-corrected chi connectivity index (χ0v) is 18.2. The summed E-state index contributed by atoms with van der Waals surface area (Å²) in [4.78, 5) is 4.60. The van der Waals surface area contributed by atoms with E-state index < -0.39 is 0 Å². The molecule has 1 aromatic heterocycles. The zero-order valence-electron chi connectivity index (χ0n) is 15.8. The molecule has 0 aliphatic carbocycles. The number of benzene rings is 2. The molecule has 5 nitrogen and oxygen atoms in total. The Morgan fingerprint density at radius 2 is 1.83 bits per heavy atom. The van der Waals surface area contributed by atoms with Crippen LogP contribution in [0.1, 0.15) is 10.6 Å². The lowest BCUT2D eigenvalue weighted by Gasteiger charge is -2.08. The van der Waals surface area contributed by atoms with Crippen LogP contribution in [-0.4, -0.2) is 26.3 Å². The highest BCUT2D eigenvalue weighted by molar-refractivity contribution is 7.11. The Morgan fingerprint density at radius 1 is 1.07 bits per heavy atom. The lowest BCUT2D eigenvalue weighted by atomic mass is 10.1. The minimum Gasteiger partial charge on any atom is -0.495 e. The highest BCUT2D eigenvalue weighted by Crippen LogP contribution is 2.36. The molecule has 0 amide bonds. The standard InChI is InChI=1S/C21H16Cl2N2O3S/c1-26-18-5-4-12(8-19(18)27-2)17-11-29-21(25-17)14(10-24)6-13-7-15(22)9-16(23)20(13)28-3/h4-9,11H,1-3H3. The monoisotopic (exact) mass is 446 g/mol. The summed E-state index contributed by atoms with van der Waals surface area (Å²) in [6.07, 6.45) is 1.66. The van der Waals surface area contributed by atoms with Gasteiger partial charge in [-0.25, -0.2) is 4.98 Å². The predicted molar refractivity (Wildman–Crippen MR) is 117 cm³/mol. The van der Waals surface area contributed by atoms with Gasteiger partial charge in [-0.3, -0.25) is 0 Å². The number of hydrogen-bond donors (Lipinski definition) is 0. The summed E-state index contributed by atoms with van der Waals surface area (Å²) >= 11 is 13.7. The summed E-state index contributed by atoms with van der Waals surface area (Å²) in [5, 5.41) is 12.9. The molecule has 0 saturated carbocycles. The van der Waals surface area contributed by atoms with Crippen molar-refractivity contribution in [3.63, 3.8) is 0 Å². The Hall–Kier alpha value is -2.72. The number of thiazole rings is 1. The molecular weight excluding hydrogens is 431 g/mol. The fourth-order valence-corrected chi connectivity index (χ4v) is 4.11. The third-order valence-electron chi connectivity index (χ3n) is 4.08. The van der Waals surface area contributed by atoms with Crippen molar-refractivity contribution in [2.75, 3.05) is 21.3 Å². The van der Waals surface area contributed by atoms with Crippen molar-refractivity contribution in [2.45, 2.75) is 0 Å². The zero-order chi connectivity index (χ0) is 21.0. The Labute approximate surface area is 182 Å². The van der Waals surface area contributed by atoms with Crippen LogP contribution in [0.4, 0.5) is 0 Å². The van der Waals surface area contributed by atoms with Gasteiger partial charge in [0.2, 0.25) is 0 Å². The molecule has 3 aromatic rings. The van der Waals surface area contributed by atoms with Crippen LogP contribution in [0.2, 0.25) is 10.0 Å². The van der Waals surface area contributed by atoms with Gasteiger partial charge in [0.05, 0.1) is 37.6 Å². The van der Waals surface area contributed by atoms with E-state index in [0.717, 1.165) is 11.3 Å². The summed E-state index contributed by atoms with van der Waals surface area (Å²) in [5.41, 5.74) is 2.55. The number of nitrogens with zero attached hydrogens (tertiary/aromatic N) is 2. The molecule has 0 unspecified atom stereocenters. The average molecular weight is 447 g/mol. The van der Waals surface area contributed by atoms with E-state index in [1.165, 1.54) is 18.4 Å². The van der Waals surface area contributed by atoms with Crippen LogP contribution >= 0.6 is 34.5 Å². The predicted octanol–water partition coefficient (Wildman–Crippen LogP) is 6.21. The van der Waals surface area contributed by atoms with Gasteiger partial charge in [-0.15, -0.1) is 11.3 Å². The average Bonchev–Trinajstić information content (AvgIpc) is 3.21. The third-order valence-corrected chi connectivity index (χ3v) is 5.45. The van der Waals surface area contributed by atoms with Crippen LogP contribution in [0.5, 0.6) is 17.2 Å². The van der Waals surface area contributed by atoms with Gasteiger partial charge in [0, 0.05) is 21.5 Å². The SMILES string of the molecule is COc1ccc(-c2csc(C(C#N)=Cc3cc(Cl)cc(Cl)c3OC)n2)cc1OC. The molecule has 0 bridgehead atoms. The molecule has 0 fully saturated rings. The lowest BCUT2D eigenvalue weighted by molar-refractivity contribution is 0.355. The fourth-order valence-electron chi connectivity index (χ4n) is 2.73. The number of ether oxygens (including phenoxy) is 3. The van der Waals surface area contributed by atoms with Gasteiger partial charge in [-0.1, -0.05) is 23.2 Å². The van der Waals surface area contributed by atoms with Crippen LogP contribution in [0.25, 0.3) is 22.9 Å². The Balaban J connectivity index is 2.01. The Bertz CT molecular complexity index is 1120. The van der Waals surface area contributed by atoms with Gasteiger partial charge in [-0.2, -0.15) is 5.26 Å². The first-order chi connectivity index (χ1) is 14.0. The van der Waals surface area contributed by atoms with Gasteiger partial charge in [-0.05, 0) is 36.4 Å². The number of methoxy groups -OCH3 is 3. The highest BCUT2D eigenvalue weighted by atomic mass is 35.5. The topological polar surface area (TPSA) is 64.4 Å². The second-order valence-electron chi connectivity index (χ2n) is 5.79. The summed E-state index contributed by atoms with van der Waals surface area (Å²) in [7, 11) is 4.67. The number of hydrogen-bond acceptors (Lipinski definition) is 6. The molecule has 0 aliphatic rings. The molecule has 0 saturated heterocycles. The van der Waals surface area contributed by atoms with Crippen molar-refractivity contribution in [3.05, 3.63) is 56.3 Å². The number of halogens is 2. The van der Waals surface area contributed by atoms with Crippen molar-refractivity contribution < 1.29 is 14.2 Å². The lowest BCUT2D eigenvalue weighted by Crippen LogP contribution is -1.91. The van der Waals surface area contributed by atoms with Gasteiger partial charge in [0.15, 0.2) is 11.5 Å². The molecule has 0 atom stereocenters. The van der Waals surface area contributed by atoms with Crippen LogP contribution in [0.15, 0.2) is 35.7 Å². The summed E-state index contributed by atoms with van der Waals surface area (Å²) in [6.45, 7) is 0. The first kappa shape index (κ1) is 21.0. The van der Waals surface area contributed by atoms with E-state index in [9.17, 15) is 5.26 Å². The maximum Gasteiger partial charge on any atom is 0.161 e. The molecule has 148 valence electrons. The van der Waals surface area contributed by atoms with E-state index in [1.54, 1.807) is 32.4 Å². The Morgan fingerprint density at radius 3 is 2.48 bits per heavy atom. The smallest absolute Gasteiger partial charge is 0.161 e. The first-order valence-electron chi connectivity index (χ1n) is 8.33. The van der Waals surface area contributed by atoms with Crippen molar-refractivity contribution in [3.8, 4) is 34.6 Å². The van der Waals surface area contributed by atoms with Crippen LogP contribution in [-0.2, 0) is 0 Å². The molecule has 0 spiro atoms. The number of aromatic nitrogens is 1. The van der Waals surface area contributed by atoms with Gasteiger partial charge in [0.1, 0.15) is 16.8 Å². The molecule has 8 heteroatoms. The molecule has 1 heterocycles. The number of allylic oxidation sites excluding steroid dienone is 1. The molecular formula is C21H16Cl2N2O3S. The van der Waals surface area contributed by atoms with Crippen LogP contribution < -0.4 is 14.2 Å². The fraction of sp³-hybridized carbons (Fsp3) is 0.143. The normalized spacial score (nSPS) is 11.1. The van der Waals surface area contributed by atoms with E-state index >= 15 is 0 Å². The second kappa shape index (κ2) is 9.19. The molecule has 0 radical (unpaired) electrons. The van der Waals surface area contributed by atoms with E-state index in [0.29, 0.717) is 43.4 Å². The largest absolute Gasteiger partial charge is 0.495 e. The van der Waals surface area contributed by atoms with Gasteiger partial charge >= 0.3 is 0 Å². The number of rotatable bonds is 6. The van der Waals surface area contributed by atoms with Crippen molar-refractivity contribution in [1.29, 1.82) is 5.26 Å². The maximum absolute atomic E-state index is 9.68. The minimum absolute atomic E-state index is 0.369. The van der Waals surface area contributed by atoms with E-state index in [2.05, 4.69) is 11.1 Å². The number of nitriles is 1. The second-order valence-corrected chi connectivity index (χ2v) is 7.49. The van der Waals surface area contributed by atoms with Gasteiger partial charge in [0.25, 0.3) is 0 Å². The molecule has 0 N–H and O–H groups in total. The minimum atomic E-state index is 0.369. The Kier molecular flexibility index (Phi) is 6.65. The van der Waals surface area contributed by atoms with Crippen molar-refractivity contribution in [1.82, 2.24) is 4.98 Å². The van der Waals surface area contributed by atoms with Crippen LogP contribution in [0.3, 0.4) is 0 Å². The third kappa shape index (κ3) is 4.48. The highest BCUT2D eigenvalue weighted by Gasteiger charge is 2.14. The maximum atomic E-state index is 9.68. The van der Waals surface area contributed by atoms with Crippen molar-refractivity contribution in [2.24, 2.45) is 0 Å². The molecule has 2 aromatic carbocycles. The van der Waals surface area contributed by atoms with Crippen molar-refractivity contribution >= 4 is 46.2 Å². The summed E-state index contributed by atoms with van der Waals surface area (Å²) < 4.78 is 16.0. The van der Waals surface area contributed by atoms with Crippen LogP contribution in [0, 0.1) is 11.3 Å². The van der Waals surface area contributed by atoms with E-state index in [1.807, 2.05) is 23.6 Å². The summed E-state index contributed by atoms with van der Waals surface area (Å²) in [5.74, 6) is 1.68. The van der Waals surface area contributed by atoms with Gasteiger partial charge < -0.3 is 14.2 Å². The van der Waals surface area contributed by atoms with E-state index in [4.69, 9.17) is 37.4 Å². The summed E-state index contributed by atoms with van der Waals surface area (Å²) in [6, 6.07) is 11.0.